The molecule has 1 heterocycles. The second-order valence-electron chi connectivity index (χ2n) is 9.06. The van der Waals surface area contributed by atoms with Crippen molar-refractivity contribution in [3.8, 4) is 0 Å². The summed E-state index contributed by atoms with van der Waals surface area (Å²) < 4.78 is 0. The molecule has 33 heavy (non-hydrogen) atoms. The van der Waals surface area contributed by atoms with Crippen LogP contribution in [0.5, 0.6) is 0 Å². The smallest absolute Gasteiger partial charge is 0.161 e. The summed E-state index contributed by atoms with van der Waals surface area (Å²) in [6.07, 6.45) is 20.8. The summed E-state index contributed by atoms with van der Waals surface area (Å²) in [6.45, 7) is 6.09. The Morgan fingerprint density at radius 2 is 1.27 bits per heavy atom. The summed E-state index contributed by atoms with van der Waals surface area (Å²) in [5.41, 5.74) is 8.13. The lowest BCUT2D eigenvalue weighted by molar-refractivity contribution is 0.537. The van der Waals surface area contributed by atoms with Gasteiger partial charge in [-0.1, -0.05) is 109 Å². The third-order valence-electron chi connectivity index (χ3n) is 6.33. The highest BCUT2D eigenvalue weighted by Crippen LogP contribution is 2.31. The van der Waals surface area contributed by atoms with Crippen molar-refractivity contribution in [3.63, 3.8) is 0 Å². The molecule has 0 aliphatic rings. The Balaban J connectivity index is 1.57. The van der Waals surface area contributed by atoms with E-state index < -0.39 is 0 Å². The van der Waals surface area contributed by atoms with E-state index in [4.69, 9.17) is 5.73 Å². The van der Waals surface area contributed by atoms with E-state index in [-0.39, 0.29) is 0 Å². The quantitative estimate of drug-likeness (QED) is 0.210. The first kappa shape index (κ1) is 26.9. The molecule has 0 radical (unpaired) electrons. The van der Waals surface area contributed by atoms with E-state index >= 15 is 0 Å². The van der Waals surface area contributed by atoms with Gasteiger partial charge in [0.05, 0.1) is 0 Å². The highest BCUT2D eigenvalue weighted by Gasteiger charge is 2.15. The number of nitrogens with one attached hydrogen (secondary N) is 1. The minimum Gasteiger partial charge on any atom is -0.393 e. The number of nitrogens with two attached hydrogens (primary N) is 1. The maximum atomic E-state index is 6.43. The average molecular weight is 454 g/mol. The van der Waals surface area contributed by atoms with E-state index in [0.29, 0.717) is 5.69 Å². The van der Waals surface area contributed by atoms with Gasteiger partial charge in [-0.15, -0.1) is 0 Å². The zero-order valence-electron chi connectivity index (χ0n) is 21.2. The topological polar surface area (TPSA) is 67.1 Å². The highest BCUT2D eigenvalue weighted by atomic mass is 15.2. The maximum absolute atomic E-state index is 6.43. The second-order valence-corrected chi connectivity index (χ2v) is 9.06. The molecule has 0 atom stereocenters. The number of benzene rings is 1. The second kappa shape index (κ2) is 17.2. The molecule has 5 heteroatoms. The summed E-state index contributed by atoms with van der Waals surface area (Å²) in [6, 6.07) is 10.2. The van der Waals surface area contributed by atoms with E-state index in [9.17, 15) is 0 Å². The lowest BCUT2D eigenvalue weighted by atomic mass is 10.0. The SMILES string of the molecule is CCCCCCCCCCCCCCCCNc1ncnc(N(CC)c2ccccc2)c1N. The van der Waals surface area contributed by atoms with Gasteiger partial charge in [0.1, 0.15) is 12.0 Å². The Bertz CT molecular complexity index is 734. The minimum absolute atomic E-state index is 0.619. The van der Waals surface area contributed by atoms with Crippen LogP contribution in [0.3, 0.4) is 0 Å². The molecule has 0 spiro atoms. The Hall–Kier alpha value is -2.30. The normalized spacial score (nSPS) is 11.0. The number of nitrogens with zero attached hydrogens (tertiary/aromatic N) is 3. The Morgan fingerprint density at radius 1 is 0.727 bits per heavy atom. The zero-order valence-corrected chi connectivity index (χ0v) is 21.2. The standard InChI is InChI=1S/C28H47N5/c1-3-5-6-7-8-9-10-11-12-13-14-15-16-20-23-30-27-26(29)28(32-24-31-27)33(4-2)25-21-18-17-19-22-25/h17-19,21-22,24H,3-16,20,23,29H2,1-2H3,(H,30,31,32). The zero-order chi connectivity index (χ0) is 23.6. The van der Waals surface area contributed by atoms with Gasteiger partial charge in [-0.05, 0) is 25.5 Å². The predicted octanol–water partition coefficient (Wildman–Crippen LogP) is 8.11. The molecular weight excluding hydrogens is 406 g/mol. The third kappa shape index (κ3) is 10.4. The van der Waals surface area contributed by atoms with Crippen LogP contribution in [0.1, 0.15) is 104 Å². The number of nitrogen functional groups attached to an aromatic ring is 1. The molecule has 1 aromatic carbocycles. The first-order valence-corrected chi connectivity index (χ1v) is 13.4. The fraction of sp³-hybridized carbons (Fsp3) is 0.643. The van der Waals surface area contributed by atoms with Crippen molar-refractivity contribution in [1.82, 2.24) is 9.97 Å². The number of para-hydroxylation sites is 1. The van der Waals surface area contributed by atoms with Crippen LogP contribution in [0, 0.1) is 0 Å². The lowest BCUT2D eigenvalue weighted by Crippen LogP contribution is -2.20. The third-order valence-corrected chi connectivity index (χ3v) is 6.33. The van der Waals surface area contributed by atoms with Crippen molar-refractivity contribution < 1.29 is 0 Å². The van der Waals surface area contributed by atoms with E-state index in [2.05, 4.69) is 46.2 Å². The van der Waals surface area contributed by atoms with Crippen LogP contribution in [0.25, 0.3) is 0 Å². The van der Waals surface area contributed by atoms with E-state index in [1.165, 1.54) is 83.5 Å². The van der Waals surface area contributed by atoms with Gasteiger partial charge in [-0.25, -0.2) is 9.97 Å². The number of anilines is 4. The van der Waals surface area contributed by atoms with Crippen molar-refractivity contribution in [2.45, 2.75) is 104 Å². The molecule has 0 saturated heterocycles. The van der Waals surface area contributed by atoms with Crippen molar-refractivity contribution in [3.05, 3.63) is 36.7 Å². The number of rotatable bonds is 19. The van der Waals surface area contributed by atoms with Crippen molar-refractivity contribution in [2.24, 2.45) is 0 Å². The van der Waals surface area contributed by atoms with Gasteiger partial charge in [-0.3, -0.25) is 0 Å². The fourth-order valence-corrected chi connectivity index (χ4v) is 4.33. The predicted molar refractivity (Wildman–Crippen MR) is 144 cm³/mol. The van der Waals surface area contributed by atoms with Crippen molar-refractivity contribution in [1.29, 1.82) is 0 Å². The lowest BCUT2D eigenvalue weighted by Gasteiger charge is -2.24. The van der Waals surface area contributed by atoms with Crippen LogP contribution in [-0.4, -0.2) is 23.1 Å². The monoisotopic (exact) mass is 453 g/mol. The Morgan fingerprint density at radius 3 is 1.82 bits per heavy atom. The highest BCUT2D eigenvalue weighted by molar-refractivity contribution is 5.79. The molecule has 0 unspecified atom stereocenters. The van der Waals surface area contributed by atoms with Gasteiger partial charge >= 0.3 is 0 Å². The summed E-state index contributed by atoms with van der Waals surface area (Å²) in [5.74, 6) is 1.51. The summed E-state index contributed by atoms with van der Waals surface area (Å²) in [7, 11) is 0. The molecule has 0 saturated carbocycles. The maximum Gasteiger partial charge on any atom is 0.161 e. The van der Waals surface area contributed by atoms with E-state index in [1.807, 2.05) is 18.2 Å². The fourth-order valence-electron chi connectivity index (χ4n) is 4.33. The summed E-state index contributed by atoms with van der Waals surface area (Å²) in [5, 5.41) is 3.42. The number of aromatic nitrogens is 2. The molecule has 0 aliphatic carbocycles. The molecule has 0 aliphatic heterocycles. The van der Waals surface area contributed by atoms with Crippen molar-refractivity contribution in [2.75, 3.05) is 29.0 Å². The van der Waals surface area contributed by atoms with E-state index in [0.717, 1.165) is 36.8 Å². The van der Waals surface area contributed by atoms with Gasteiger partial charge in [-0.2, -0.15) is 0 Å². The molecule has 5 nitrogen and oxygen atoms in total. The number of hydrogen-bond acceptors (Lipinski definition) is 5. The van der Waals surface area contributed by atoms with Crippen LogP contribution in [0.2, 0.25) is 0 Å². The molecule has 2 aromatic rings. The van der Waals surface area contributed by atoms with Gasteiger partial charge < -0.3 is 16.0 Å². The molecule has 2 rings (SSSR count). The van der Waals surface area contributed by atoms with Gasteiger partial charge in [0.25, 0.3) is 0 Å². The average Bonchev–Trinajstić information content (AvgIpc) is 2.84. The summed E-state index contributed by atoms with van der Waals surface area (Å²) in [4.78, 5) is 11.0. The van der Waals surface area contributed by atoms with Crippen LogP contribution in [0.4, 0.5) is 23.0 Å². The van der Waals surface area contributed by atoms with Crippen LogP contribution < -0.4 is 16.0 Å². The number of unbranched alkanes of at least 4 members (excludes halogenated alkanes) is 13. The summed E-state index contributed by atoms with van der Waals surface area (Å²) >= 11 is 0. The first-order valence-electron chi connectivity index (χ1n) is 13.4. The van der Waals surface area contributed by atoms with Crippen molar-refractivity contribution >= 4 is 23.0 Å². The van der Waals surface area contributed by atoms with Crippen LogP contribution in [0.15, 0.2) is 36.7 Å². The number of hydrogen-bond donors (Lipinski definition) is 2. The Labute approximate surface area is 202 Å². The van der Waals surface area contributed by atoms with Gasteiger partial charge in [0.15, 0.2) is 11.6 Å². The van der Waals surface area contributed by atoms with Crippen LogP contribution in [-0.2, 0) is 0 Å². The Kier molecular flexibility index (Phi) is 14.1. The molecule has 3 N–H and O–H groups in total. The molecule has 184 valence electrons. The largest absolute Gasteiger partial charge is 0.393 e. The molecular formula is C28H47N5. The van der Waals surface area contributed by atoms with Crippen LogP contribution >= 0.6 is 0 Å². The molecule has 0 bridgehead atoms. The van der Waals surface area contributed by atoms with Gasteiger partial charge in [0.2, 0.25) is 0 Å². The first-order chi connectivity index (χ1) is 16.3. The molecule has 0 amide bonds. The van der Waals surface area contributed by atoms with Gasteiger partial charge in [0, 0.05) is 18.8 Å². The molecule has 0 fully saturated rings. The van der Waals surface area contributed by atoms with E-state index in [1.54, 1.807) is 6.33 Å². The minimum atomic E-state index is 0.619. The molecule has 1 aromatic heterocycles.